The first kappa shape index (κ1) is 13.9. The molecule has 0 aromatic heterocycles. The zero-order valence-corrected chi connectivity index (χ0v) is 12.9. The van der Waals surface area contributed by atoms with E-state index in [0.717, 1.165) is 12.8 Å². The van der Waals surface area contributed by atoms with E-state index >= 15 is 0 Å². The highest BCUT2D eigenvalue weighted by Gasteiger charge is 2.29. The maximum Gasteiger partial charge on any atom is 0.0595 e. The molecule has 0 unspecified atom stereocenters. The van der Waals surface area contributed by atoms with Crippen molar-refractivity contribution in [3.63, 3.8) is 0 Å². The summed E-state index contributed by atoms with van der Waals surface area (Å²) < 4.78 is 0. The van der Waals surface area contributed by atoms with Gasteiger partial charge in [-0.2, -0.15) is 0 Å². The molecule has 1 N–H and O–H groups in total. The van der Waals surface area contributed by atoms with Gasteiger partial charge in [0.15, 0.2) is 0 Å². The van der Waals surface area contributed by atoms with E-state index in [9.17, 15) is 0 Å². The first-order valence-electron chi connectivity index (χ1n) is 6.90. The first-order valence-corrected chi connectivity index (χ1v) is 7.66. The summed E-state index contributed by atoms with van der Waals surface area (Å²) in [7, 11) is 2.03. The zero-order chi connectivity index (χ0) is 14.1. The van der Waals surface area contributed by atoms with Crippen LogP contribution in [0.15, 0.2) is 42.5 Å². The van der Waals surface area contributed by atoms with Gasteiger partial charge in [-0.15, -0.1) is 0 Å². The van der Waals surface area contributed by atoms with Gasteiger partial charge in [-0.25, -0.2) is 0 Å². The third-order valence-electron chi connectivity index (χ3n) is 4.20. The van der Waals surface area contributed by atoms with E-state index in [-0.39, 0.29) is 0 Å². The molecule has 2 aromatic carbocycles. The molecule has 0 radical (unpaired) electrons. The molecule has 0 fully saturated rings. The standard InChI is InChI=1S/C17H17Cl2N/c1-20-17-13-5-3-2-4-11(13)6-8-14(17)12-7-9-15(18)16(19)10-12/h2-5,7,9-10,14,17,20H,6,8H2,1H3/t14-,17-/m0/s1. The highest BCUT2D eigenvalue weighted by atomic mass is 35.5. The van der Waals surface area contributed by atoms with Crippen molar-refractivity contribution in [3.05, 3.63) is 69.2 Å². The van der Waals surface area contributed by atoms with Crippen molar-refractivity contribution < 1.29 is 0 Å². The van der Waals surface area contributed by atoms with Crippen LogP contribution in [0, 0.1) is 0 Å². The lowest BCUT2D eigenvalue weighted by atomic mass is 9.76. The minimum atomic E-state index is 0.331. The second-order valence-corrected chi connectivity index (χ2v) is 6.10. The van der Waals surface area contributed by atoms with Gasteiger partial charge in [0.05, 0.1) is 10.0 Å². The number of hydrogen-bond acceptors (Lipinski definition) is 1. The lowest BCUT2D eigenvalue weighted by Crippen LogP contribution is -2.28. The SMILES string of the molecule is CN[C@H]1c2ccccc2CC[C@H]1c1ccc(Cl)c(Cl)c1. The Morgan fingerprint density at radius 1 is 1.05 bits per heavy atom. The van der Waals surface area contributed by atoms with E-state index in [4.69, 9.17) is 23.2 Å². The molecule has 0 aliphatic heterocycles. The lowest BCUT2D eigenvalue weighted by molar-refractivity contribution is 0.428. The summed E-state index contributed by atoms with van der Waals surface area (Å²) in [5.41, 5.74) is 4.11. The summed E-state index contributed by atoms with van der Waals surface area (Å²) >= 11 is 12.2. The maximum absolute atomic E-state index is 6.17. The summed E-state index contributed by atoms with van der Waals surface area (Å²) in [6.07, 6.45) is 2.24. The Morgan fingerprint density at radius 2 is 1.85 bits per heavy atom. The van der Waals surface area contributed by atoms with Crippen molar-refractivity contribution in [1.29, 1.82) is 0 Å². The van der Waals surface area contributed by atoms with E-state index in [2.05, 4.69) is 35.6 Å². The number of likely N-dealkylation sites (N-methyl/N-ethyl adjacent to an activating group) is 1. The molecule has 1 nitrogen and oxygen atoms in total. The minimum absolute atomic E-state index is 0.331. The fourth-order valence-corrected chi connectivity index (χ4v) is 3.53. The average Bonchev–Trinajstić information content (AvgIpc) is 2.49. The van der Waals surface area contributed by atoms with Gasteiger partial charge < -0.3 is 5.32 Å². The summed E-state index contributed by atoms with van der Waals surface area (Å²) in [5, 5.41) is 4.72. The largest absolute Gasteiger partial charge is 0.312 e. The maximum atomic E-state index is 6.17. The number of benzene rings is 2. The van der Waals surface area contributed by atoms with Crippen LogP contribution in [-0.2, 0) is 6.42 Å². The molecular formula is C17H17Cl2N. The van der Waals surface area contributed by atoms with Crippen LogP contribution in [0.25, 0.3) is 0 Å². The molecule has 0 bridgehead atoms. The van der Waals surface area contributed by atoms with E-state index < -0.39 is 0 Å². The Hall–Kier alpha value is -1.02. The van der Waals surface area contributed by atoms with E-state index in [0.29, 0.717) is 22.0 Å². The van der Waals surface area contributed by atoms with Crippen LogP contribution in [0.2, 0.25) is 10.0 Å². The van der Waals surface area contributed by atoms with Crippen LogP contribution in [0.1, 0.15) is 35.1 Å². The molecule has 0 saturated carbocycles. The molecule has 2 aromatic rings. The van der Waals surface area contributed by atoms with Gasteiger partial charge in [-0.3, -0.25) is 0 Å². The molecule has 104 valence electrons. The van der Waals surface area contributed by atoms with Crippen molar-refractivity contribution in [1.82, 2.24) is 5.32 Å². The van der Waals surface area contributed by atoms with Crippen LogP contribution in [0.4, 0.5) is 0 Å². The van der Waals surface area contributed by atoms with Gasteiger partial charge in [0.2, 0.25) is 0 Å². The molecule has 3 rings (SSSR count). The van der Waals surface area contributed by atoms with E-state index in [1.54, 1.807) is 0 Å². The first-order chi connectivity index (χ1) is 9.70. The monoisotopic (exact) mass is 305 g/mol. The minimum Gasteiger partial charge on any atom is -0.312 e. The van der Waals surface area contributed by atoms with Crippen LogP contribution >= 0.6 is 23.2 Å². The Bertz CT molecular complexity index is 624. The van der Waals surface area contributed by atoms with Gasteiger partial charge in [-0.05, 0) is 48.7 Å². The summed E-state index contributed by atoms with van der Waals surface area (Å²) in [5.74, 6) is 0.435. The van der Waals surface area contributed by atoms with Crippen LogP contribution in [0.5, 0.6) is 0 Å². The number of rotatable bonds is 2. The predicted molar refractivity (Wildman–Crippen MR) is 85.8 cm³/mol. The Morgan fingerprint density at radius 3 is 2.60 bits per heavy atom. The van der Waals surface area contributed by atoms with Gasteiger partial charge in [0.1, 0.15) is 0 Å². The fourth-order valence-electron chi connectivity index (χ4n) is 3.22. The number of fused-ring (bicyclic) bond motifs is 1. The highest BCUT2D eigenvalue weighted by Crippen LogP contribution is 2.41. The molecule has 0 spiro atoms. The van der Waals surface area contributed by atoms with Gasteiger partial charge in [0, 0.05) is 12.0 Å². The molecule has 0 saturated heterocycles. The Kier molecular flexibility index (Phi) is 4.02. The topological polar surface area (TPSA) is 12.0 Å². The second-order valence-electron chi connectivity index (χ2n) is 5.28. The normalized spacial score (nSPS) is 21.6. The molecule has 1 aliphatic rings. The Labute approximate surface area is 129 Å². The van der Waals surface area contributed by atoms with Crippen molar-refractivity contribution in [2.45, 2.75) is 24.8 Å². The Balaban J connectivity index is 2.00. The molecule has 1 aliphatic carbocycles. The number of halogens is 2. The van der Waals surface area contributed by atoms with E-state index in [1.807, 2.05) is 19.2 Å². The van der Waals surface area contributed by atoms with Gasteiger partial charge in [0.25, 0.3) is 0 Å². The third kappa shape index (κ3) is 2.46. The molecule has 2 atom stereocenters. The highest BCUT2D eigenvalue weighted by molar-refractivity contribution is 6.42. The van der Waals surface area contributed by atoms with Crippen LogP contribution in [-0.4, -0.2) is 7.05 Å². The lowest BCUT2D eigenvalue weighted by Gasteiger charge is -2.34. The number of aryl methyl sites for hydroxylation is 1. The number of nitrogens with one attached hydrogen (secondary N) is 1. The third-order valence-corrected chi connectivity index (χ3v) is 4.94. The second kappa shape index (κ2) is 5.77. The molecule has 3 heteroatoms. The smallest absolute Gasteiger partial charge is 0.0595 e. The number of hydrogen-bond donors (Lipinski definition) is 1. The van der Waals surface area contributed by atoms with Crippen LogP contribution in [0.3, 0.4) is 0 Å². The summed E-state index contributed by atoms with van der Waals surface area (Å²) in [4.78, 5) is 0. The van der Waals surface area contributed by atoms with Crippen molar-refractivity contribution in [3.8, 4) is 0 Å². The van der Waals surface area contributed by atoms with Gasteiger partial charge >= 0.3 is 0 Å². The van der Waals surface area contributed by atoms with Crippen molar-refractivity contribution in [2.75, 3.05) is 7.05 Å². The predicted octanol–water partition coefficient (Wildman–Crippen LogP) is 4.98. The van der Waals surface area contributed by atoms with Gasteiger partial charge in [-0.1, -0.05) is 53.5 Å². The molecule has 0 heterocycles. The summed E-state index contributed by atoms with van der Waals surface area (Å²) in [6.45, 7) is 0. The molecule has 0 amide bonds. The average molecular weight is 306 g/mol. The molecular weight excluding hydrogens is 289 g/mol. The van der Waals surface area contributed by atoms with Crippen molar-refractivity contribution in [2.24, 2.45) is 0 Å². The van der Waals surface area contributed by atoms with E-state index in [1.165, 1.54) is 16.7 Å². The molecule has 20 heavy (non-hydrogen) atoms. The zero-order valence-electron chi connectivity index (χ0n) is 11.4. The van der Waals surface area contributed by atoms with Crippen LogP contribution < -0.4 is 5.32 Å². The summed E-state index contributed by atoms with van der Waals surface area (Å²) in [6, 6.07) is 15.0. The fraction of sp³-hybridized carbons (Fsp3) is 0.294. The van der Waals surface area contributed by atoms with Crippen molar-refractivity contribution >= 4 is 23.2 Å². The quantitative estimate of drug-likeness (QED) is 0.824.